The van der Waals surface area contributed by atoms with Crippen molar-refractivity contribution in [1.82, 2.24) is 10.3 Å². The van der Waals surface area contributed by atoms with Crippen molar-refractivity contribution in [1.29, 1.82) is 0 Å². The first kappa shape index (κ1) is 8.68. The summed E-state index contributed by atoms with van der Waals surface area (Å²) < 4.78 is 1.25. The Hall–Kier alpha value is -1.61. The third-order valence-electron chi connectivity index (χ3n) is 2.36. The molecule has 0 spiro atoms. The van der Waals surface area contributed by atoms with Crippen molar-refractivity contribution in [3.8, 4) is 0 Å². The van der Waals surface area contributed by atoms with E-state index in [0.717, 1.165) is 10.5 Å². The van der Waals surface area contributed by atoms with Crippen LogP contribution in [0.1, 0.15) is 11.0 Å². The van der Waals surface area contributed by atoms with E-state index in [2.05, 4.69) is 28.5 Å². The first-order chi connectivity index (χ1) is 7.43. The lowest BCUT2D eigenvalue weighted by Crippen LogP contribution is -2.14. The second-order valence-corrected chi connectivity index (χ2v) is 4.47. The van der Waals surface area contributed by atoms with Gasteiger partial charge < -0.3 is 5.32 Å². The third kappa shape index (κ3) is 1.55. The number of dihydropyridines is 1. The van der Waals surface area contributed by atoms with Crippen molar-refractivity contribution in [3.05, 3.63) is 53.7 Å². The van der Waals surface area contributed by atoms with Gasteiger partial charge in [0.15, 0.2) is 0 Å². The van der Waals surface area contributed by atoms with Crippen LogP contribution in [0.2, 0.25) is 0 Å². The summed E-state index contributed by atoms with van der Waals surface area (Å²) in [5, 5.41) is 4.40. The van der Waals surface area contributed by atoms with Gasteiger partial charge in [-0.3, -0.25) is 0 Å². The maximum atomic E-state index is 4.61. The van der Waals surface area contributed by atoms with Crippen molar-refractivity contribution in [2.75, 3.05) is 0 Å². The fourth-order valence-corrected chi connectivity index (χ4v) is 2.63. The number of benzene rings is 1. The Morgan fingerprint density at radius 3 is 2.93 bits per heavy atom. The van der Waals surface area contributed by atoms with E-state index in [1.807, 2.05) is 30.5 Å². The zero-order valence-corrected chi connectivity index (χ0v) is 8.87. The molecule has 74 valence electrons. The van der Waals surface area contributed by atoms with Gasteiger partial charge in [0, 0.05) is 0 Å². The lowest BCUT2D eigenvalue weighted by molar-refractivity contribution is 0.741. The molecule has 3 rings (SSSR count). The van der Waals surface area contributed by atoms with Gasteiger partial charge in [-0.25, -0.2) is 4.98 Å². The second-order valence-electron chi connectivity index (χ2n) is 3.41. The zero-order chi connectivity index (χ0) is 10.1. The van der Waals surface area contributed by atoms with Crippen molar-refractivity contribution in [3.63, 3.8) is 0 Å². The molecule has 2 nitrogen and oxygen atoms in total. The lowest BCUT2D eigenvalue weighted by atomic mass is 10.2. The van der Waals surface area contributed by atoms with E-state index in [1.165, 1.54) is 4.70 Å². The molecule has 15 heavy (non-hydrogen) atoms. The van der Waals surface area contributed by atoms with Crippen LogP contribution in [-0.2, 0) is 0 Å². The first-order valence-corrected chi connectivity index (χ1v) is 5.70. The Kier molecular flexibility index (Phi) is 2.03. The van der Waals surface area contributed by atoms with Crippen LogP contribution in [0.25, 0.3) is 10.2 Å². The molecule has 0 saturated heterocycles. The second kappa shape index (κ2) is 3.51. The van der Waals surface area contributed by atoms with Gasteiger partial charge in [0.1, 0.15) is 5.01 Å². The van der Waals surface area contributed by atoms with Gasteiger partial charge in [-0.2, -0.15) is 0 Å². The summed E-state index contributed by atoms with van der Waals surface area (Å²) in [5.41, 5.74) is 1.09. The minimum absolute atomic E-state index is 0.229. The molecule has 1 N–H and O–H groups in total. The molecule has 0 saturated carbocycles. The van der Waals surface area contributed by atoms with E-state index < -0.39 is 0 Å². The van der Waals surface area contributed by atoms with Crippen molar-refractivity contribution in [2.45, 2.75) is 6.04 Å². The molecule has 1 aromatic carbocycles. The average Bonchev–Trinajstić information content (AvgIpc) is 2.74. The number of nitrogens with zero attached hydrogens (tertiary/aromatic N) is 1. The molecule has 1 aromatic heterocycles. The Balaban J connectivity index is 2.04. The summed E-state index contributed by atoms with van der Waals surface area (Å²) in [6.07, 6.45) is 8.12. The van der Waals surface area contributed by atoms with Crippen LogP contribution < -0.4 is 5.32 Å². The number of nitrogens with one attached hydrogen (secondary N) is 1. The standard InChI is InChI=1S/C12H10N2S/c1-2-7-11-9(5-1)14-12(15-11)10-6-3-4-8-13-10/h1-8,10,13H. The summed E-state index contributed by atoms with van der Waals surface area (Å²) in [6.45, 7) is 0. The summed E-state index contributed by atoms with van der Waals surface area (Å²) in [5.74, 6) is 0. The van der Waals surface area contributed by atoms with Crippen LogP contribution in [0.4, 0.5) is 0 Å². The molecular formula is C12H10N2S. The largest absolute Gasteiger partial charge is 0.379 e. The summed E-state index contributed by atoms with van der Waals surface area (Å²) in [6, 6.07) is 8.47. The quantitative estimate of drug-likeness (QED) is 0.789. The number of aromatic nitrogens is 1. The fraction of sp³-hybridized carbons (Fsp3) is 0.0833. The molecule has 2 heterocycles. The Morgan fingerprint density at radius 1 is 1.20 bits per heavy atom. The Labute approximate surface area is 92.0 Å². The molecule has 0 radical (unpaired) electrons. The van der Waals surface area contributed by atoms with Crippen LogP contribution in [-0.4, -0.2) is 4.98 Å². The minimum atomic E-state index is 0.229. The summed E-state index contributed by atoms with van der Waals surface area (Å²) in [7, 11) is 0. The van der Waals surface area contributed by atoms with E-state index in [1.54, 1.807) is 11.3 Å². The minimum Gasteiger partial charge on any atom is -0.379 e. The van der Waals surface area contributed by atoms with Gasteiger partial charge in [-0.15, -0.1) is 11.3 Å². The van der Waals surface area contributed by atoms with Crippen LogP contribution in [0.3, 0.4) is 0 Å². The Bertz CT molecular complexity index is 506. The lowest BCUT2D eigenvalue weighted by Gasteiger charge is -2.11. The van der Waals surface area contributed by atoms with E-state index in [0.29, 0.717) is 0 Å². The predicted molar refractivity (Wildman–Crippen MR) is 63.8 cm³/mol. The molecule has 0 aliphatic carbocycles. The topological polar surface area (TPSA) is 24.9 Å². The van der Waals surface area contributed by atoms with Crippen molar-refractivity contribution < 1.29 is 0 Å². The number of thiazole rings is 1. The average molecular weight is 214 g/mol. The molecule has 0 amide bonds. The highest BCUT2D eigenvalue weighted by Gasteiger charge is 2.12. The predicted octanol–water partition coefficient (Wildman–Crippen LogP) is 3.01. The van der Waals surface area contributed by atoms with E-state index in [9.17, 15) is 0 Å². The number of fused-ring (bicyclic) bond motifs is 1. The van der Waals surface area contributed by atoms with Gasteiger partial charge in [-0.1, -0.05) is 24.3 Å². The van der Waals surface area contributed by atoms with Gasteiger partial charge in [0.25, 0.3) is 0 Å². The molecular weight excluding hydrogens is 204 g/mol. The van der Waals surface area contributed by atoms with Gasteiger partial charge in [-0.05, 0) is 24.4 Å². The molecule has 3 heteroatoms. The van der Waals surface area contributed by atoms with Crippen LogP contribution in [0.5, 0.6) is 0 Å². The van der Waals surface area contributed by atoms with E-state index >= 15 is 0 Å². The van der Waals surface area contributed by atoms with E-state index in [4.69, 9.17) is 0 Å². The zero-order valence-electron chi connectivity index (χ0n) is 8.05. The van der Waals surface area contributed by atoms with Gasteiger partial charge in [0.05, 0.1) is 16.3 Å². The van der Waals surface area contributed by atoms with Gasteiger partial charge in [0.2, 0.25) is 0 Å². The monoisotopic (exact) mass is 214 g/mol. The molecule has 1 aliphatic heterocycles. The summed E-state index contributed by atoms with van der Waals surface area (Å²) >= 11 is 1.75. The maximum absolute atomic E-state index is 4.61. The number of rotatable bonds is 1. The van der Waals surface area contributed by atoms with Crippen molar-refractivity contribution in [2.24, 2.45) is 0 Å². The SMILES string of the molecule is C1=CNC(c2nc3ccccc3s2)C=C1. The van der Waals surface area contributed by atoms with Crippen LogP contribution in [0.15, 0.2) is 48.7 Å². The normalized spacial score (nSPS) is 19.3. The van der Waals surface area contributed by atoms with Crippen molar-refractivity contribution >= 4 is 21.6 Å². The molecule has 1 atom stereocenters. The van der Waals surface area contributed by atoms with E-state index in [-0.39, 0.29) is 6.04 Å². The highest BCUT2D eigenvalue weighted by Crippen LogP contribution is 2.27. The first-order valence-electron chi connectivity index (χ1n) is 4.88. The maximum Gasteiger partial charge on any atom is 0.120 e. The summed E-state index contributed by atoms with van der Waals surface area (Å²) in [4.78, 5) is 4.61. The number of hydrogen-bond acceptors (Lipinski definition) is 3. The number of para-hydroxylation sites is 1. The highest BCUT2D eigenvalue weighted by molar-refractivity contribution is 7.18. The smallest absolute Gasteiger partial charge is 0.120 e. The third-order valence-corrected chi connectivity index (χ3v) is 3.48. The van der Waals surface area contributed by atoms with Crippen LogP contribution >= 0.6 is 11.3 Å². The molecule has 1 aliphatic rings. The molecule has 0 fully saturated rings. The number of hydrogen-bond donors (Lipinski definition) is 1. The molecule has 0 bridgehead atoms. The fourth-order valence-electron chi connectivity index (χ4n) is 1.62. The number of allylic oxidation sites excluding steroid dienone is 2. The highest BCUT2D eigenvalue weighted by atomic mass is 32.1. The molecule has 1 unspecified atom stereocenters. The van der Waals surface area contributed by atoms with Gasteiger partial charge >= 0.3 is 0 Å². The molecule has 2 aromatic rings. The van der Waals surface area contributed by atoms with Crippen LogP contribution in [0, 0.1) is 0 Å². The Morgan fingerprint density at radius 2 is 2.13 bits per heavy atom.